The molecule has 4 rings (SSSR count). The third-order valence-electron chi connectivity index (χ3n) is 4.60. The monoisotopic (exact) mass is 418 g/mol. The molecular formula is C19H20BrClN4. The summed E-state index contributed by atoms with van der Waals surface area (Å²) in [5.74, 6) is 0. The van der Waals surface area contributed by atoms with E-state index in [1.54, 1.807) is 0 Å². The van der Waals surface area contributed by atoms with Crippen LogP contribution in [-0.2, 0) is 6.54 Å². The van der Waals surface area contributed by atoms with Crippen molar-refractivity contribution < 1.29 is 0 Å². The fourth-order valence-corrected chi connectivity index (χ4v) is 3.83. The second-order valence-corrected chi connectivity index (χ2v) is 6.94. The molecule has 2 aromatic heterocycles. The fraction of sp³-hybridized carbons (Fsp3) is 0.263. The zero-order valence-corrected chi connectivity index (χ0v) is 16.1. The van der Waals surface area contributed by atoms with Crippen LogP contribution >= 0.6 is 28.3 Å². The minimum atomic E-state index is 0. The summed E-state index contributed by atoms with van der Waals surface area (Å²) in [6.07, 6.45) is 5.67. The number of fused-ring (bicyclic) bond motifs is 1. The molecule has 1 aromatic carbocycles. The third kappa shape index (κ3) is 3.85. The van der Waals surface area contributed by atoms with E-state index in [4.69, 9.17) is 0 Å². The van der Waals surface area contributed by atoms with Gasteiger partial charge in [-0.25, -0.2) is 0 Å². The Morgan fingerprint density at radius 3 is 2.88 bits per heavy atom. The van der Waals surface area contributed by atoms with Gasteiger partial charge < -0.3 is 5.32 Å². The van der Waals surface area contributed by atoms with Gasteiger partial charge in [0.15, 0.2) is 0 Å². The van der Waals surface area contributed by atoms with Crippen LogP contribution in [0.25, 0.3) is 10.9 Å². The van der Waals surface area contributed by atoms with Crippen molar-refractivity contribution in [1.82, 2.24) is 20.2 Å². The van der Waals surface area contributed by atoms with Gasteiger partial charge in [0.05, 0.1) is 5.52 Å². The molecule has 1 N–H and O–H groups in total. The first kappa shape index (κ1) is 18.3. The molecule has 130 valence electrons. The fourth-order valence-electron chi connectivity index (χ4n) is 3.38. The first-order valence-corrected chi connectivity index (χ1v) is 8.99. The van der Waals surface area contributed by atoms with Crippen LogP contribution in [0, 0.1) is 0 Å². The molecule has 1 fully saturated rings. The van der Waals surface area contributed by atoms with E-state index in [0.717, 1.165) is 36.2 Å². The van der Waals surface area contributed by atoms with Crippen molar-refractivity contribution in [3.8, 4) is 0 Å². The first-order chi connectivity index (χ1) is 11.8. The lowest BCUT2D eigenvalue weighted by molar-refractivity contribution is 0.154. The highest BCUT2D eigenvalue weighted by Crippen LogP contribution is 2.29. The van der Waals surface area contributed by atoms with E-state index in [-0.39, 0.29) is 12.4 Å². The molecule has 3 aromatic rings. The number of hydrogen-bond donors (Lipinski definition) is 1. The summed E-state index contributed by atoms with van der Waals surface area (Å²) in [5, 5.41) is 4.67. The molecule has 1 atom stereocenters. The summed E-state index contributed by atoms with van der Waals surface area (Å²) in [4.78, 5) is 11.4. The standard InChI is InChI=1S/C19H19BrN4.ClH/c20-17-6-5-15(19-16(17)4-2-8-23-19)13-24-10-9-22-12-18(24)14-3-1-7-21-11-14;/h1-8,11,18,22H,9-10,12-13H2;1H. The second-order valence-electron chi connectivity index (χ2n) is 6.08. The van der Waals surface area contributed by atoms with Crippen molar-refractivity contribution in [2.45, 2.75) is 12.6 Å². The highest BCUT2D eigenvalue weighted by molar-refractivity contribution is 9.10. The maximum Gasteiger partial charge on any atom is 0.0758 e. The largest absolute Gasteiger partial charge is 0.314 e. The Morgan fingerprint density at radius 2 is 2.04 bits per heavy atom. The van der Waals surface area contributed by atoms with Crippen molar-refractivity contribution in [3.05, 3.63) is 70.6 Å². The zero-order chi connectivity index (χ0) is 16.4. The minimum absolute atomic E-state index is 0. The van der Waals surface area contributed by atoms with Crippen LogP contribution in [0.3, 0.4) is 0 Å². The van der Waals surface area contributed by atoms with E-state index in [0.29, 0.717) is 6.04 Å². The predicted molar refractivity (Wildman–Crippen MR) is 107 cm³/mol. The molecule has 1 unspecified atom stereocenters. The molecule has 3 heterocycles. The van der Waals surface area contributed by atoms with E-state index in [9.17, 15) is 0 Å². The number of benzene rings is 1. The molecule has 6 heteroatoms. The number of piperazine rings is 1. The van der Waals surface area contributed by atoms with Crippen molar-refractivity contribution in [3.63, 3.8) is 0 Å². The second kappa shape index (κ2) is 8.23. The van der Waals surface area contributed by atoms with E-state index in [1.165, 1.54) is 16.5 Å². The molecule has 0 aliphatic carbocycles. The van der Waals surface area contributed by atoms with Crippen LogP contribution in [-0.4, -0.2) is 34.5 Å². The van der Waals surface area contributed by atoms with Gasteiger partial charge in [-0.15, -0.1) is 12.4 Å². The van der Waals surface area contributed by atoms with Gasteiger partial charge in [0.2, 0.25) is 0 Å². The molecule has 1 aliphatic rings. The van der Waals surface area contributed by atoms with E-state index < -0.39 is 0 Å². The molecule has 0 amide bonds. The van der Waals surface area contributed by atoms with Gasteiger partial charge >= 0.3 is 0 Å². The SMILES string of the molecule is Brc1ccc(CN2CCNCC2c2cccnc2)c2ncccc12.Cl. The van der Waals surface area contributed by atoms with Gasteiger partial charge in [-0.3, -0.25) is 14.9 Å². The van der Waals surface area contributed by atoms with Crippen molar-refractivity contribution >= 4 is 39.2 Å². The van der Waals surface area contributed by atoms with Crippen LogP contribution in [0.2, 0.25) is 0 Å². The molecular weight excluding hydrogens is 400 g/mol. The van der Waals surface area contributed by atoms with Crippen LogP contribution in [0.15, 0.2) is 59.5 Å². The molecule has 0 bridgehead atoms. The Labute approximate surface area is 162 Å². The lowest BCUT2D eigenvalue weighted by Gasteiger charge is -2.36. The van der Waals surface area contributed by atoms with Crippen LogP contribution in [0.5, 0.6) is 0 Å². The molecule has 1 aliphatic heterocycles. The number of halogens is 2. The van der Waals surface area contributed by atoms with Gasteiger partial charge in [-0.2, -0.15) is 0 Å². The number of nitrogens with zero attached hydrogens (tertiary/aromatic N) is 3. The normalized spacial score (nSPS) is 18.0. The molecule has 0 radical (unpaired) electrons. The van der Waals surface area contributed by atoms with Crippen molar-refractivity contribution in [2.75, 3.05) is 19.6 Å². The highest BCUT2D eigenvalue weighted by Gasteiger charge is 2.24. The van der Waals surface area contributed by atoms with Gasteiger partial charge in [0.25, 0.3) is 0 Å². The topological polar surface area (TPSA) is 41.0 Å². The average molecular weight is 420 g/mol. The Kier molecular flexibility index (Phi) is 6.02. The lowest BCUT2D eigenvalue weighted by atomic mass is 10.0. The molecule has 0 spiro atoms. The maximum absolute atomic E-state index is 4.62. The summed E-state index contributed by atoms with van der Waals surface area (Å²) in [6, 6.07) is 12.9. The summed E-state index contributed by atoms with van der Waals surface area (Å²) >= 11 is 3.63. The van der Waals surface area contributed by atoms with E-state index >= 15 is 0 Å². The number of nitrogens with one attached hydrogen (secondary N) is 1. The van der Waals surface area contributed by atoms with Crippen molar-refractivity contribution in [2.24, 2.45) is 0 Å². The zero-order valence-electron chi connectivity index (χ0n) is 13.7. The smallest absolute Gasteiger partial charge is 0.0758 e. The number of rotatable bonds is 3. The Bertz CT molecular complexity index is 843. The van der Waals surface area contributed by atoms with Crippen LogP contribution < -0.4 is 5.32 Å². The van der Waals surface area contributed by atoms with Crippen molar-refractivity contribution in [1.29, 1.82) is 0 Å². The molecule has 4 nitrogen and oxygen atoms in total. The first-order valence-electron chi connectivity index (χ1n) is 8.20. The minimum Gasteiger partial charge on any atom is -0.314 e. The Morgan fingerprint density at radius 1 is 1.16 bits per heavy atom. The van der Waals surface area contributed by atoms with Gasteiger partial charge in [0.1, 0.15) is 0 Å². The summed E-state index contributed by atoms with van der Waals surface area (Å²) < 4.78 is 1.10. The Balaban J connectivity index is 0.00000182. The van der Waals surface area contributed by atoms with E-state index in [1.807, 2.05) is 30.7 Å². The number of aromatic nitrogens is 2. The summed E-state index contributed by atoms with van der Waals surface area (Å²) in [7, 11) is 0. The lowest BCUT2D eigenvalue weighted by Crippen LogP contribution is -2.45. The van der Waals surface area contributed by atoms with Crippen LogP contribution in [0.1, 0.15) is 17.2 Å². The van der Waals surface area contributed by atoms with Gasteiger partial charge in [-0.05, 0) is 29.3 Å². The predicted octanol–water partition coefficient (Wildman–Crippen LogP) is 3.96. The number of pyridine rings is 2. The van der Waals surface area contributed by atoms with Gasteiger partial charge in [0, 0.05) is 60.7 Å². The maximum atomic E-state index is 4.62. The summed E-state index contributed by atoms with van der Waals surface area (Å²) in [6.45, 7) is 3.87. The van der Waals surface area contributed by atoms with Gasteiger partial charge in [-0.1, -0.05) is 34.1 Å². The van der Waals surface area contributed by atoms with E-state index in [2.05, 4.69) is 60.4 Å². The average Bonchev–Trinajstić information content (AvgIpc) is 2.65. The molecule has 25 heavy (non-hydrogen) atoms. The Hall–Kier alpha value is -1.53. The number of hydrogen-bond acceptors (Lipinski definition) is 4. The third-order valence-corrected chi connectivity index (χ3v) is 5.29. The summed E-state index contributed by atoms with van der Waals surface area (Å²) in [5.41, 5.74) is 3.61. The molecule has 0 saturated carbocycles. The quantitative estimate of drug-likeness (QED) is 0.698. The highest BCUT2D eigenvalue weighted by atomic mass is 79.9. The van der Waals surface area contributed by atoms with Crippen LogP contribution in [0.4, 0.5) is 0 Å². The molecule has 1 saturated heterocycles.